The molecule has 0 aliphatic carbocycles. The zero-order valence-corrected chi connectivity index (χ0v) is 12.7. The molecule has 0 aliphatic rings. The van der Waals surface area contributed by atoms with E-state index in [1.165, 1.54) is 0 Å². The van der Waals surface area contributed by atoms with Crippen molar-refractivity contribution in [3.8, 4) is 0 Å². The van der Waals surface area contributed by atoms with Gasteiger partial charge in [-0.3, -0.25) is 4.79 Å². The van der Waals surface area contributed by atoms with Crippen molar-refractivity contribution < 1.29 is 4.79 Å². The molecule has 2 aromatic rings. The lowest BCUT2D eigenvalue weighted by atomic mass is 9.83. The zero-order valence-electron chi connectivity index (χ0n) is 11.9. The van der Waals surface area contributed by atoms with E-state index in [2.05, 4.69) is 5.32 Å². The summed E-state index contributed by atoms with van der Waals surface area (Å²) in [5, 5.41) is 3.58. The Labute approximate surface area is 124 Å². The highest BCUT2D eigenvalue weighted by Crippen LogP contribution is 2.27. The van der Waals surface area contributed by atoms with Gasteiger partial charge >= 0.3 is 0 Å². The topological polar surface area (TPSA) is 29.1 Å². The number of hydrogen-bond donors (Lipinski definition) is 1. The Hall–Kier alpha value is -1.80. The van der Waals surface area contributed by atoms with Crippen LogP contribution in [0.5, 0.6) is 0 Å². The highest BCUT2D eigenvalue weighted by Gasteiger charge is 2.29. The molecule has 0 radical (unpaired) electrons. The second-order valence-corrected chi connectivity index (χ2v) is 5.89. The summed E-state index contributed by atoms with van der Waals surface area (Å²) in [5.41, 5.74) is 2.22. The van der Waals surface area contributed by atoms with Gasteiger partial charge < -0.3 is 5.32 Å². The minimum Gasteiger partial charge on any atom is -0.325 e. The van der Waals surface area contributed by atoms with E-state index >= 15 is 0 Å². The zero-order chi connectivity index (χ0) is 14.8. The van der Waals surface area contributed by atoms with E-state index in [1.807, 2.05) is 63.2 Å². The van der Waals surface area contributed by atoms with Gasteiger partial charge in [0.2, 0.25) is 5.91 Å². The largest absolute Gasteiger partial charge is 0.325 e. The first kappa shape index (κ1) is 14.6. The van der Waals surface area contributed by atoms with Gasteiger partial charge in [0.15, 0.2) is 0 Å². The second kappa shape index (κ2) is 5.68. The fourth-order valence-electron chi connectivity index (χ4n) is 1.93. The number of carbonyl (C=O) groups is 1. The lowest BCUT2D eigenvalue weighted by Crippen LogP contribution is -2.34. The minimum absolute atomic E-state index is 0.0522. The third kappa shape index (κ3) is 3.20. The predicted molar refractivity (Wildman–Crippen MR) is 84.3 cm³/mol. The van der Waals surface area contributed by atoms with Gasteiger partial charge in [-0.25, -0.2) is 0 Å². The Morgan fingerprint density at radius 2 is 1.75 bits per heavy atom. The number of aryl methyl sites for hydroxylation is 1. The van der Waals surface area contributed by atoms with E-state index in [0.717, 1.165) is 16.8 Å². The lowest BCUT2D eigenvalue weighted by Gasteiger charge is -2.24. The molecule has 0 heterocycles. The van der Waals surface area contributed by atoms with Crippen LogP contribution in [0.3, 0.4) is 0 Å². The van der Waals surface area contributed by atoms with Gasteiger partial charge in [-0.2, -0.15) is 0 Å². The summed E-state index contributed by atoms with van der Waals surface area (Å²) in [5.74, 6) is -0.0522. The first-order valence-electron chi connectivity index (χ1n) is 6.54. The molecular formula is C17H18ClNO. The van der Waals surface area contributed by atoms with Crippen LogP contribution in [-0.2, 0) is 10.2 Å². The molecule has 2 nitrogen and oxygen atoms in total. The first-order valence-corrected chi connectivity index (χ1v) is 6.91. The van der Waals surface area contributed by atoms with Crippen LogP contribution in [0.1, 0.15) is 25.0 Å². The summed E-state index contributed by atoms with van der Waals surface area (Å²) in [6, 6.07) is 15.2. The smallest absolute Gasteiger partial charge is 0.234 e. The van der Waals surface area contributed by atoms with Crippen LogP contribution < -0.4 is 5.32 Å². The van der Waals surface area contributed by atoms with E-state index in [4.69, 9.17) is 11.6 Å². The molecule has 0 aromatic heterocycles. The molecule has 2 aromatic carbocycles. The van der Waals surface area contributed by atoms with Crippen molar-refractivity contribution in [2.75, 3.05) is 5.32 Å². The maximum Gasteiger partial charge on any atom is 0.234 e. The maximum atomic E-state index is 12.5. The van der Waals surface area contributed by atoms with Crippen LogP contribution >= 0.6 is 11.6 Å². The van der Waals surface area contributed by atoms with E-state index in [-0.39, 0.29) is 5.91 Å². The van der Waals surface area contributed by atoms with Crippen molar-refractivity contribution in [3.05, 3.63) is 64.7 Å². The normalized spacial score (nSPS) is 11.2. The first-order chi connectivity index (χ1) is 9.39. The van der Waals surface area contributed by atoms with Gasteiger partial charge in [-0.15, -0.1) is 0 Å². The van der Waals surface area contributed by atoms with Crippen molar-refractivity contribution in [1.29, 1.82) is 0 Å². The van der Waals surface area contributed by atoms with E-state index in [0.29, 0.717) is 5.02 Å². The van der Waals surface area contributed by atoms with Gasteiger partial charge in [-0.1, -0.05) is 41.4 Å². The fourth-order valence-corrected chi connectivity index (χ4v) is 2.12. The number of rotatable bonds is 3. The standard InChI is InChI=1S/C17H18ClNO/c1-12-7-9-15(10-8-12)19-16(20)17(2,3)13-5-4-6-14(18)11-13/h4-11H,1-3H3,(H,19,20). The lowest BCUT2D eigenvalue weighted by molar-refractivity contribution is -0.120. The number of benzene rings is 2. The van der Waals surface area contributed by atoms with Gasteiger partial charge in [0.05, 0.1) is 5.41 Å². The van der Waals surface area contributed by atoms with Crippen molar-refractivity contribution in [3.63, 3.8) is 0 Å². The molecule has 2 rings (SSSR count). The highest BCUT2D eigenvalue weighted by atomic mass is 35.5. The summed E-state index contributed by atoms with van der Waals surface area (Å²) in [6.45, 7) is 5.80. The fraction of sp³-hybridized carbons (Fsp3) is 0.235. The summed E-state index contributed by atoms with van der Waals surface area (Å²) in [6.07, 6.45) is 0. The van der Waals surface area contributed by atoms with Crippen LogP contribution in [0.25, 0.3) is 0 Å². The number of carbonyl (C=O) groups excluding carboxylic acids is 1. The minimum atomic E-state index is -0.643. The van der Waals surface area contributed by atoms with Crippen molar-refractivity contribution in [1.82, 2.24) is 0 Å². The van der Waals surface area contributed by atoms with E-state index in [1.54, 1.807) is 6.07 Å². The Morgan fingerprint density at radius 3 is 2.35 bits per heavy atom. The van der Waals surface area contributed by atoms with Crippen LogP contribution in [0.15, 0.2) is 48.5 Å². The van der Waals surface area contributed by atoms with E-state index in [9.17, 15) is 4.79 Å². The Bertz CT molecular complexity index is 617. The van der Waals surface area contributed by atoms with Crippen LogP contribution in [0.2, 0.25) is 5.02 Å². The summed E-state index contributed by atoms with van der Waals surface area (Å²) in [4.78, 5) is 12.5. The van der Waals surface area contributed by atoms with E-state index < -0.39 is 5.41 Å². The average Bonchev–Trinajstić information content (AvgIpc) is 2.41. The maximum absolute atomic E-state index is 12.5. The number of nitrogens with one attached hydrogen (secondary N) is 1. The van der Waals surface area contributed by atoms with Crippen LogP contribution in [-0.4, -0.2) is 5.91 Å². The Kier molecular flexibility index (Phi) is 4.15. The van der Waals surface area contributed by atoms with Crippen LogP contribution in [0.4, 0.5) is 5.69 Å². The molecular weight excluding hydrogens is 270 g/mol. The molecule has 3 heteroatoms. The SMILES string of the molecule is Cc1ccc(NC(=O)C(C)(C)c2cccc(Cl)c2)cc1. The highest BCUT2D eigenvalue weighted by molar-refractivity contribution is 6.30. The van der Waals surface area contributed by atoms with Gasteiger partial charge in [-0.05, 0) is 50.6 Å². The predicted octanol–water partition coefficient (Wildman–Crippen LogP) is 4.56. The van der Waals surface area contributed by atoms with Gasteiger partial charge in [0.1, 0.15) is 0 Å². The van der Waals surface area contributed by atoms with Crippen molar-refractivity contribution >= 4 is 23.2 Å². The molecule has 0 atom stereocenters. The second-order valence-electron chi connectivity index (χ2n) is 5.46. The summed E-state index contributed by atoms with van der Waals surface area (Å²) in [7, 11) is 0. The summed E-state index contributed by atoms with van der Waals surface area (Å²) >= 11 is 6.00. The molecule has 1 amide bonds. The molecule has 0 fully saturated rings. The molecule has 0 bridgehead atoms. The molecule has 1 N–H and O–H groups in total. The molecule has 0 unspecified atom stereocenters. The quantitative estimate of drug-likeness (QED) is 0.880. The Morgan fingerprint density at radius 1 is 1.10 bits per heavy atom. The molecule has 0 saturated carbocycles. The van der Waals surface area contributed by atoms with Crippen LogP contribution in [0, 0.1) is 6.92 Å². The Balaban J connectivity index is 2.21. The third-order valence-electron chi connectivity index (χ3n) is 3.42. The number of anilines is 1. The molecule has 0 aliphatic heterocycles. The average molecular weight is 288 g/mol. The van der Waals surface area contributed by atoms with Crippen molar-refractivity contribution in [2.45, 2.75) is 26.2 Å². The number of halogens is 1. The molecule has 0 spiro atoms. The van der Waals surface area contributed by atoms with Gasteiger partial charge in [0.25, 0.3) is 0 Å². The number of amides is 1. The molecule has 20 heavy (non-hydrogen) atoms. The molecule has 104 valence electrons. The third-order valence-corrected chi connectivity index (χ3v) is 3.66. The summed E-state index contributed by atoms with van der Waals surface area (Å²) < 4.78 is 0. The molecule has 0 saturated heterocycles. The number of hydrogen-bond acceptors (Lipinski definition) is 1. The monoisotopic (exact) mass is 287 g/mol. The van der Waals surface area contributed by atoms with Crippen molar-refractivity contribution in [2.24, 2.45) is 0 Å². The van der Waals surface area contributed by atoms with Gasteiger partial charge in [0, 0.05) is 10.7 Å².